The van der Waals surface area contributed by atoms with E-state index in [1.165, 1.54) is 4.68 Å². The first-order valence-electron chi connectivity index (χ1n) is 3.30. The molecular formula is C7H8N2O3. The number of aldehydes is 1. The SMILES string of the molecule is Cc1c(C=O)c(C(=O)O)nn1C. The first-order chi connectivity index (χ1) is 5.57. The van der Waals surface area contributed by atoms with Crippen molar-refractivity contribution in [2.45, 2.75) is 6.92 Å². The van der Waals surface area contributed by atoms with Crippen LogP contribution >= 0.6 is 0 Å². The number of aromatic nitrogens is 2. The summed E-state index contributed by atoms with van der Waals surface area (Å²) in [6.45, 7) is 1.64. The van der Waals surface area contributed by atoms with Crippen LogP contribution in [-0.4, -0.2) is 27.1 Å². The van der Waals surface area contributed by atoms with Gasteiger partial charge in [-0.05, 0) is 6.92 Å². The summed E-state index contributed by atoms with van der Waals surface area (Å²) in [6.07, 6.45) is 0.506. The predicted molar refractivity (Wildman–Crippen MR) is 40.3 cm³/mol. The summed E-state index contributed by atoms with van der Waals surface area (Å²) in [4.78, 5) is 21.0. The van der Waals surface area contributed by atoms with E-state index in [9.17, 15) is 9.59 Å². The molecule has 1 rings (SSSR count). The Labute approximate surface area is 68.6 Å². The normalized spacial score (nSPS) is 9.83. The van der Waals surface area contributed by atoms with Gasteiger partial charge in [-0.2, -0.15) is 5.10 Å². The molecule has 64 valence electrons. The quantitative estimate of drug-likeness (QED) is 0.642. The zero-order chi connectivity index (χ0) is 9.30. The van der Waals surface area contributed by atoms with E-state index in [0.717, 1.165) is 0 Å². The van der Waals surface area contributed by atoms with E-state index in [1.54, 1.807) is 14.0 Å². The van der Waals surface area contributed by atoms with E-state index in [2.05, 4.69) is 5.10 Å². The Morgan fingerprint density at radius 1 is 1.67 bits per heavy atom. The molecule has 1 aromatic heterocycles. The van der Waals surface area contributed by atoms with Gasteiger partial charge in [-0.1, -0.05) is 0 Å². The highest BCUT2D eigenvalue weighted by Gasteiger charge is 2.17. The fraction of sp³-hybridized carbons (Fsp3) is 0.286. The number of carboxylic acid groups (broad SMARTS) is 1. The molecule has 0 bridgehead atoms. The van der Waals surface area contributed by atoms with E-state index in [0.29, 0.717) is 12.0 Å². The van der Waals surface area contributed by atoms with Crippen molar-refractivity contribution in [3.05, 3.63) is 17.0 Å². The molecule has 0 aliphatic carbocycles. The van der Waals surface area contributed by atoms with Gasteiger partial charge in [0.2, 0.25) is 0 Å². The summed E-state index contributed by atoms with van der Waals surface area (Å²) in [7, 11) is 1.59. The largest absolute Gasteiger partial charge is 0.476 e. The number of hydrogen-bond acceptors (Lipinski definition) is 3. The van der Waals surface area contributed by atoms with Crippen molar-refractivity contribution in [2.75, 3.05) is 0 Å². The van der Waals surface area contributed by atoms with Crippen molar-refractivity contribution in [3.8, 4) is 0 Å². The highest BCUT2D eigenvalue weighted by atomic mass is 16.4. The minimum atomic E-state index is -1.18. The van der Waals surface area contributed by atoms with Crippen LogP contribution < -0.4 is 0 Å². The van der Waals surface area contributed by atoms with Crippen LogP contribution in [0.5, 0.6) is 0 Å². The predicted octanol–water partition coefficient (Wildman–Crippen LogP) is 0.239. The van der Waals surface area contributed by atoms with Gasteiger partial charge in [0.15, 0.2) is 12.0 Å². The summed E-state index contributed by atoms with van der Waals surface area (Å²) in [5.74, 6) is -1.18. The van der Waals surface area contributed by atoms with Crippen LogP contribution in [0.15, 0.2) is 0 Å². The second-order valence-electron chi connectivity index (χ2n) is 2.39. The van der Waals surface area contributed by atoms with Gasteiger partial charge in [0, 0.05) is 12.7 Å². The smallest absolute Gasteiger partial charge is 0.357 e. The minimum absolute atomic E-state index is 0.144. The number of nitrogens with zero attached hydrogens (tertiary/aromatic N) is 2. The Morgan fingerprint density at radius 2 is 2.25 bits per heavy atom. The molecule has 5 nitrogen and oxygen atoms in total. The number of aryl methyl sites for hydroxylation is 1. The molecule has 0 saturated carbocycles. The lowest BCUT2D eigenvalue weighted by Gasteiger charge is -1.90. The van der Waals surface area contributed by atoms with Crippen LogP contribution in [0.2, 0.25) is 0 Å². The summed E-state index contributed by atoms with van der Waals surface area (Å²) in [5, 5.41) is 12.3. The monoisotopic (exact) mass is 168 g/mol. The molecule has 0 fully saturated rings. The van der Waals surface area contributed by atoms with Gasteiger partial charge < -0.3 is 5.11 Å². The van der Waals surface area contributed by atoms with Gasteiger partial charge >= 0.3 is 5.97 Å². The topological polar surface area (TPSA) is 72.2 Å². The number of hydrogen-bond donors (Lipinski definition) is 1. The van der Waals surface area contributed by atoms with Crippen molar-refractivity contribution >= 4 is 12.3 Å². The lowest BCUT2D eigenvalue weighted by molar-refractivity contribution is 0.0687. The molecule has 0 aliphatic rings. The average molecular weight is 168 g/mol. The van der Waals surface area contributed by atoms with E-state index in [-0.39, 0.29) is 11.3 Å². The van der Waals surface area contributed by atoms with Gasteiger partial charge in [0.25, 0.3) is 0 Å². The summed E-state index contributed by atoms with van der Waals surface area (Å²) >= 11 is 0. The second kappa shape index (κ2) is 2.77. The van der Waals surface area contributed by atoms with E-state index in [1.807, 2.05) is 0 Å². The lowest BCUT2D eigenvalue weighted by atomic mass is 10.2. The van der Waals surface area contributed by atoms with E-state index < -0.39 is 5.97 Å². The number of carboxylic acids is 1. The summed E-state index contributed by atoms with van der Waals surface area (Å²) in [6, 6.07) is 0. The Balaban J connectivity index is 3.39. The Kier molecular flexibility index (Phi) is 1.95. The molecule has 1 heterocycles. The van der Waals surface area contributed by atoms with Crippen molar-refractivity contribution in [2.24, 2.45) is 7.05 Å². The third-order valence-electron chi connectivity index (χ3n) is 1.70. The van der Waals surface area contributed by atoms with Crippen LogP contribution in [0.25, 0.3) is 0 Å². The zero-order valence-corrected chi connectivity index (χ0v) is 6.74. The molecule has 0 radical (unpaired) electrons. The molecular weight excluding hydrogens is 160 g/mol. The van der Waals surface area contributed by atoms with Crippen molar-refractivity contribution in [3.63, 3.8) is 0 Å². The maximum absolute atomic E-state index is 10.5. The molecule has 0 saturated heterocycles. The van der Waals surface area contributed by atoms with Crippen LogP contribution in [0, 0.1) is 6.92 Å². The molecule has 1 aromatic rings. The van der Waals surface area contributed by atoms with Gasteiger partial charge in [-0.25, -0.2) is 4.79 Å². The average Bonchev–Trinajstić information content (AvgIpc) is 2.29. The highest BCUT2D eigenvalue weighted by Crippen LogP contribution is 2.09. The number of carbonyl (C=O) groups excluding carboxylic acids is 1. The maximum atomic E-state index is 10.5. The van der Waals surface area contributed by atoms with E-state index >= 15 is 0 Å². The second-order valence-corrected chi connectivity index (χ2v) is 2.39. The molecule has 0 unspecified atom stereocenters. The third kappa shape index (κ3) is 1.09. The first kappa shape index (κ1) is 8.45. The summed E-state index contributed by atoms with van der Waals surface area (Å²) in [5.41, 5.74) is 0.511. The number of aromatic carboxylic acids is 1. The van der Waals surface area contributed by atoms with Crippen LogP contribution in [0.1, 0.15) is 26.5 Å². The fourth-order valence-electron chi connectivity index (χ4n) is 0.924. The van der Waals surface area contributed by atoms with Crippen LogP contribution in [-0.2, 0) is 7.05 Å². The molecule has 0 spiro atoms. The van der Waals surface area contributed by atoms with Crippen LogP contribution in [0.4, 0.5) is 0 Å². The van der Waals surface area contributed by atoms with Crippen LogP contribution in [0.3, 0.4) is 0 Å². The lowest BCUT2D eigenvalue weighted by Crippen LogP contribution is -2.01. The highest BCUT2D eigenvalue weighted by molar-refractivity contribution is 5.96. The zero-order valence-electron chi connectivity index (χ0n) is 6.74. The van der Waals surface area contributed by atoms with Gasteiger partial charge in [0.1, 0.15) is 0 Å². The van der Waals surface area contributed by atoms with Crippen molar-refractivity contribution in [1.29, 1.82) is 0 Å². The molecule has 0 amide bonds. The Hall–Kier alpha value is -1.65. The molecule has 1 N–H and O–H groups in total. The van der Waals surface area contributed by atoms with Gasteiger partial charge in [0.05, 0.1) is 5.56 Å². The first-order valence-corrected chi connectivity index (χ1v) is 3.30. The summed E-state index contributed by atoms with van der Waals surface area (Å²) < 4.78 is 1.37. The molecule has 0 aromatic carbocycles. The maximum Gasteiger partial charge on any atom is 0.357 e. The molecule has 0 aliphatic heterocycles. The Morgan fingerprint density at radius 3 is 2.58 bits per heavy atom. The van der Waals surface area contributed by atoms with Gasteiger partial charge in [-0.3, -0.25) is 9.48 Å². The molecule has 12 heavy (non-hydrogen) atoms. The van der Waals surface area contributed by atoms with E-state index in [4.69, 9.17) is 5.11 Å². The molecule has 0 atom stereocenters. The third-order valence-corrected chi connectivity index (χ3v) is 1.70. The van der Waals surface area contributed by atoms with Crippen molar-refractivity contribution < 1.29 is 14.7 Å². The minimum Gasteiger partial charge on any atom is -0.476 e. The standard InChI is InChI=1S/C7H8N2O3/c1-4-5(3-10)6(7(11)12)8-9(4)2/h3H,1-2H3,(H,11,12). The number of carbonyl (C=O) groups is 2. The fourth-order valence-corrected chi connectivity index (χ4v) is 0.924. The van der Waals surface area contributed by atoms with Gasteiger partial charge in [-0.15, -0.1) is 0 Å². The number of rotatable bonds is 2. The molecule has 5 heteroatoms. The Bertz CT molecular complexity index is 341. The van der Waals surface area contributed by atoms with Crippen molar-refractivity contribution in [1.82, 2.24) is 9.78 Å².